The second-order valence-corrected chi connectivity index (χ2v) is 7.45. The van der Waals surface area contributed by atoms with E-state index in [4.69, 9.17) is 16.0 Å². The molecule has 2 amide bonds. The van der Waals surface area contributed by atoms with Gasteiger partial charge in [-0.15, -0.1) is 0 Å². The summed E-state index contributed by atoms with van der Waals surface area (Å²) in [6.45, 7) is 2.04. The van der Waals surface area contributed by atoms with Gasteiger partial charge in [0.25, 0.3) is 6.01 Å². The van der Waals surface area contributed by atoms with Crippen LogP contribution in [0, 0.1) is 5.92 Å². The number of fused-ring (bicyclic) bond motifs is 1. The minimum absolute atomic E-state index is 0.299. The first-order chi connectivity index (χ1) is 14.1. The lowest BCUT2D eigenvalue weighted by Crippen LogP contribution is -2.42. The SMILES string of the molecule is O=C(NCC1CCN(c2nc3ccccc3o2)CC1)C(=O)Nc1ccccc1Cl. The van der Waals surface area contributed by atoms with Gasteiger partial charge in [-0.25, -0.2) is 0 Å². The normalized spacial score (nSPS) is 14.7. The van der Waals surface area contributed by atoms with Crippen molar-refractivity contribution in [2.24, 2.45) is 5.92 Å². The van der Waals surface area contributed by atoms with Gasteiger partial charge in [0.05, 0.1) is 10.7 Å². The van der Waals surface area contributed by atoms with Crippen LogP contribution in [0.25, 0.3) is 11.1 Å². The number of nitrogens with zero attached hydrogens (tertiary/aromatic N) is 2. The topological polar surface area (TPSA) is 87.5 Å². The maximum Gasteiger partial charge on any atom is 0.313 e. The zero-order valence-corrected chi connectivity index (χ0v) is 16.5. The van der Waals surface area contributed by atoms with E-state index >= 15 is 0 Å². The van der Waals surface area contributed by atoms with Gasteiger partial charge in [-0.3, -0.25) is 9.59 Å². The van der Waals surface area contributed by atoms with Crippen molar-refractivity contribution in [3.63, 3.8) is 0 Å². The summed E-state index contributed by atoms with van der Waals surface area (Å²) in [7, 11) is 0. The molecule has 1 aromatic heterocycles. The molecule has 2 aromatic carbocycles. The van der Waals surface area contributed by atoms with Crippen molar-refractivity contribution >= 4 is 46.2 Å². The number of hydrogen-bond donors (Lipinski definition) is 2. The first-order valence-electron chi connectivity index (χ1n) is 9.54. The Labute approximate surface area is 173 Å². The monoisotopic (exact) mass is 412 g/mol. The van der Waals surface area contributed by atoms with E-state index in [-0.39, 0.29) is 0 Å². The van der Waals surface area contributed by atoms with E-state index < -0.39 is 11.8 Å². The fraction of sp³-hybridized carbons (Fsp3) is 0.286. The number of hydrogen-bond acceptors (Lipinski definition) is 5. The number of rotatable bonds is 4. The van der Waals surface area contributed by atoms with Gasteiger partial charge < -0.3 is 20.0 Å². The van der Waals surface area contributed by atoms with Crippen molar-refractivity contribution in [2.45, 2.75) is 12.8 Å². The number of anilines is 2. The Morgan fingerprint density at radius 1 is 1.07 bits per heavy atom. The third kappa shape index (κ3) is 4.51. The lowest BCUT2D eigenvalue weighted by Gasteiger charge is -2.30. The van der Waals surface area contributed by atoms with Gasteiger partial charge in [-0.05, 0) is 43.0 Å². The van der Waals surface area contributed by atoms with Crippen molar-refractivity contribution in [3.8, 4) is 0 Å². The van der Waals surface area contributed by atoms with Crippen LogP contribution >= 0.6 is 11.6 Å². The first kappa shape index (κ1) is 19.3. The van der Waals surface area contributed by atoms with E-state index in [1.807, 2.05) is 24.3 Å². The van der Waals surface area contributed by atoms with E-state index in [2.05, 4.69) is 20.5 Å². The zero-order valence-electron chi connectivity index (χ0n) is 15.7. The Morgan fingerprint density at radius 2 is 1.79 bits per heavy atom. The minimum atomic E-state index is -0.720. The molecule has 3 aromatic rings. The zero-order chi connectivity index (χ0) is 20.2. The average molecular weight is 413 g/mol. The Balaban J connectivity index is 1.25. The van der Waals surface area contributed by atoms with Gasteiger partial charge in [0, 0.05) is 19.6 Å². The number of nitrogens with one attached hydrogen (secondary N) is 2. The predicted octanol–water partition coefficient (Wildman–Crippen LogP) is 3.45. The van der Waals surface area contributed by atoms with Crippen molar-refractivity contribution in [1.82, 2.24) is 10.3 Å². The second kappa shape index (κ2) is 8.53. The summed E-state index contributed by atoms with van der Waals surface area (Å²) in [6, 6.07) is 15.1. The quantitative estimate of drug-likeness (QED) is 0.641. The van der Waals surface area contributed by atoms with Crippen LogP contribution in [0.15, 0.2) is 52.9 Å². The Hall–Kier alpha value is -3.06. The maximum atomic E-state index is 12.1. The van der Waals surface area contributed by atoms with Crippen LogP contribution in [0.5, 0.6) is 0 Å². The fourth-order valence-corrected chi connectivity index (χ4v) is 3.57. The highest BCUT2D eigenvalue weighted by Crippen LogP contribution is 2.26. The van der Waals surface area contributed by atoms with Gasteiger partial charge >= 0.3 is 11.8 Å². The molecule has 29 heavy (non-hydrogen) atoms. The Bertz CT molecular complexity index is 994. The third-order valence-electron chi connectivity index (χ3n) is 5.05. The van der Waals surface area contributed by atoms with E-state index in [9.17, 15) is 9.59 Å². The van der Waals surface area contributed by atoms with Gasteiger partial charge in [-0.1, -0.05) is 35.9 Å². The van der Waals surface area contributed by atoms with Crippen LogP contribution in [0.4, 0.5) is 11.7 Å². The molecule has 4 rings (SSSR count). The molecule has 1 saturated heterocycles. The molecule has 0 radical (unpaired) electrons. The van der Waals surface area contributed by atoms with Crippen LogP contribution in [0.1, 0.15) is 12.8 Å². The molecule has 150 valence electrons. The lowest BCUT2D eigenvalue weighted by molar-refractivity contribution is -0.136. The molecule has 0 aliphatic carbocycles. The van der Waals surface area contributed by atoms with Crippen LogP contribution < -0.4 is 15.5 Å². The summed E-state index contributed by atoms with van der Waals surface area (Å²) in [6.07, 6.45) is 1.76. The van der Waals surface area contributed by atoms with E-state index in [1.165, 1.54) is 0 Å². The van der Waals surface area contributed by atoms with Crippen molar-refractivity contribution in [1.29, 1.82) is 0 Å². The van der Waals surface area contributed by atoms with Crippen LogP contribution in [-0.2, 0) is 9.59 Å². The number of carbonyl (C=O) groups is 2. The maximum absolute atomic E-state index is 12.1. The number of aromatic nitrogens is 1. The summed E-state index contributed by atoms with van der Waals surface area (Å²) in [5.74, 6) is -1.08. The molecule has 0 spiro atoms. The fourth-order valence-electron chi connectivity index (χ4n) is 3.38. The number of piperidine rings is 1. The first-order valence-corrected chi connectivity index (χ1v) is 9.92. The van der Waals surface area contributed by atoms with E-state index in [1.54, 1.807) is 24.3 Å². The molecule has 7 nitrogen and oxygen atoms in total. The summed E-state index contributed by atoms with van der Waals surface area (Å²) >= 11 is 6.00. The standard InChI is InChI=1S/C21H21ClN4O3/c22-15-5-1-2-6-16(15)24-20(28)19(27)23-13-14-9-11-26(12-10-14)21-25-17-7-3-4-8-18(17)29-21/h1-8,14H,9-13H2,(H,23,27)(H,24,28). The highest BCUT2D eigenvalue weighted by atomic mass is 35.5. The molecular weight excluding hydrogens is 392 g/mol. The summed E-state index contributed by atoms with van der Waals surface area (Å²) in [5, 5.41) is 5.63. The summed E-state index contributed by atoms with van der Waals surface area (Å²) < 4.78 is 5.82. The van der Waals surface area contributed by atoms with Crippen LogP contribution in [0.2, 0.25) is 5.02 Å². The Morgan fingerprint density at radius 3 is 2.55 bits per heavy atom. The largest absolute Gasteiger partial charge is 0.423 e. The van der Waals surface area contributed by atoms with Crippen molar-refractivity contribution < 1.29 is 14.0 Å². The predicted molar refractivity (Wildman–Crippen MR) is 112 cm³/mol. The number of amides is 2. The minimum Gasteiger partial charge on any atom is -0.423 e. The van der Waals surface area contributed by atoms with Crippen LogP contribution in [-0.4, -0.2) is 36.4 Å². The third-order valence-corrected chi connectivity index (χ3v) is 5.38. The highest BCUT2D eigenvalue weighted by molar-refractivity contribution is 6.41. The van der Waals surface area contributed by atoms with Crippen molar-refractivity contribution in [2.75, 3.05) is 29.9 Å². The smallest absolute Gasteiger partial charge is 0.313 e. The second-order valence-electron chi connectivity index (χ2n) is 7.04. The van der Waals surface area contributed by atoms with E-state index in [0.29, 0.717) is 29.2 Å². The molecule has 1 aliphatic heterocycles. The molecule has 8 heteroatoms. The van der Waals surface area contributed by atoms with Gasteiger partial charge in [0.15, 0.2) is 5.58 Å². The molecule has 2 heterocycles. The number of halogens is 1. The van der Waals surface area contributed by atoms with Gasteiger partial charge in [-0.2, -0.15) is 4.98 Å². The molecule has 1 fully saturated rings. The van der Waals surface area contributed by atoms with E-state index in [0.717, 1.165) is 37.0 Å². The van der Waals surface area contributed by atoms with Gasteiger partial charge in [0.2, 0.25) is 0 Å². The number of carbonyl (C=O) groups excluding carboxylic acids is 2. The van der Waals surface area contributed by atoms with Gasteiger partial charge in [0.1, 0.15) is 5.52 Å². The number of para-hydroxylation sites is 3. The van der Waals surface area contributed by atoms with Crippen LogP contribution in [0.3, 0.4) is 0 Å². The molecule has 0 atom stereocenters. The molecule has 0 unspecified atom stereocenters. The number of benzene rings is 2. The molecule has 0 bridgehead atoms. The average Bonchev–Trinajstić information content (AvgIpc) is 3.18. The number of oxazole rings is 1. The summed E-state index contributed by atoms with van der Waals surface area (Å²) in [4.78, 5) is 30.8. The van der Waals surface area contributed by atoms with Crippen molar-refractivity contribution in [3.05, 3.63) is 53.6 Å². The highest BCUT2D eigenvalue weighted by Gasteiger charge is 2.24. The lowest BCUT2D eigenvalue weighted by atomic mass is 9.97. The molecular formula is C21H21ClN4O3. The Kier molecular flexibility index (Phi) is 5.67. The summed E-state index contributed by atoms with van der Waals surface area (Å²) in [5.41, 5.74) is 2.05. The molecule has 2 N–H and O–H groups in total. The molecule has 0 saturated carbocycles. The molecule has 1 aliphatic rings.